The van der Waals surface area contributed by atoms with Crippen molar-refractivity contribution in [1.82, 2.24) is 0 Å². The lowest BCUT2D eigenvalue weighted by Crippen LogP contribution is -2.14. The number of carbonyl (C=O) groups is 1. The number of hydrogen-bond acceptors (Lipinski definition) is 3. The number of ether oxygens (including phenoxy) is 2. The molecular formula is C10H18O3. The highest BCUT2D eigenvalue weighted by atomic mass is 16.6. The highest BCUT2D eigenvalue weighted by molar-refractivity contribution is 5.81. The molecule has 0 N–H and O–H groups in total. The molecule has 0 aromatic rings. The molecule has 1 atom stereocenters. The third-order valence-corrected chi connectivity index (χ3v) is 1.59. The molecule has 3 heteroatoms. The maximum Gasteiger partial charge on any atom is 0.330 e. The van der Waals surface area contributed by atoms with Crippen LogP contribution in [0.3, 0.4) is 0 Å². The summed E-state index contributed by atoms with van der Waals surface area (Å²) in [5.74, 6) is -0.397. The summed E-state index contributed by atoms with van der Waals surface area (Å²) in [6.07, 6.45) is 3.53. The van der Waals surface area contributed by atoms with Crippen molar-refractivity contribution in [3.63, 3.8) is 0 Å². The van der Waals surface area contributed by atoms with Gasteiger partial charge in [-0.2, -0.15) is 0 Å². The Morgan fingerprint density at radius 3 is 2.77 bits per heavy atom. The SMILES string of the molecule is C=CC(=O)OCCOC(C)CCC. The van der Waals surface area contributed by atoms with Gasteiger partial charge in [0.15, 0.2) is 0 Å². The van der Waals surface area contributed by atoms with Crippen LogP contribution in [0.25, 0.3) is 0 Å². The van der Waals surface area contributed by atoms with Crippen LogP contribution in [0.4, 0.5) is 0 Å². The summed E-state index contributed by atoms with van der Waals surface area (Å²) in [5.41, 5.74) is 0. The van der Waals surface area contributed by atoms with Crippen LogP contribution in [0.1, 0.15) is 26.7 Å². The fraction of sp³-hybridized carbons (Fsp3) is 0.700. The summed E-state index contributed by atoms with van der Waals surface area (Å²) >= 11 is 0. The van der Waals surface area contributed by atoms with Gasteiger partial charge in [-0.3, -0.25) is 0 Å². The van der Waals surface area contributed by atoms with Crippen LogP contribution in [-0.4, -0.2) is 25.3 Å². The third-order valence-electron chi connectivity index (χ3n) is 1.59. The van der Waals surface area contributed by atoms with E-state index in [0.29, 0.717) is 13.2 Å². The van der Waals surface area contributed by atoms with Crippen LogP contribution in [0, 0.1) is 0 Å². The summed E-state index contributed by atoms with van der Waals surface area (Å²) in [6, 6.07) is 0. The summed E-state index contributed by atoms with van der Waals surface area (Å²) in [7, 11) is 0. The van der Waals surface area contributed by atoms with Crippen molar-refractivity contribution in [2.75, 3.05) is 13.2 Å². The molecule has 1 unspecified atom stereocenters. The zero-order valence-corrected chi connectivity index (χ0v) is 8.41. The first kappa shape index (κ1) is 12.2. The third kappa shape index (κ3) is 7.53. The van der Waals surface area contributed by atoms with Crippen LogP contribution in [-0.2, 0) is 14.3 Å². The molecule has 0 radical (unpaired) electrons. The van der Waals surface area contributed by atoms with Crippen LogP contribution in [0.15, 0.2) is 12.7 Å². The molecular weight excluding hydrogens is 168 g/mol. The topological polar surface area (TPSA) is 35.5 Å². The molecule has 0 aromatic heterocycles. The fourth-order valence-corrected chi connectivity index (χ4v) is 0.940. The summed E-state index contributed by atoms with van der Waals surface area (Å²) in [5, 5.41) is 0. The lowest BCUT2D eigenvalue weighted by molar-refractivity contribution is -0.139. The smallest absolute Gasteiger partial charge is 0.330 e. The first-order chi connectivity index (χ1) is 6.20. The molecule has 0 saturated heterocycles. The fourth-order valence-electron chi connectivity index (χ4n) is 0.940. The minimum atomic E-state index is -0.397. The van der Waals surface area contributed by atoms with E-state index < -0.39 is 5.97 Å². The van der Waals surface area contributed by atoms with Gasteiger partial charge in [0.1, 0.15) is 6.61 Å². The van der Waals surface area contributed by atoms with E-state index in [9.17, 15) is 4.79 Å². The molecule has 76 valence electrons. The molecule has 0 aliphatic heterocycles. The second kappa shape index (κ2) is 7.80. The Kier molecular flexibility index (Phi) is 7.30. The van der Waals surface area contributed by atoms with E-state index >= 15 is 0 Å². The Balaban J connectivity index is 3.24. The molecule has 0 spiro atoms. The van der Waals surface area contributed by atoms with E-state index in [0.717, 1.165) is 18.9 Å². The van der Waals surface area contributed by atoms with E-state index in [2.05, 4.69) is 13.5 Å². The van der Waals surface area contributed by atoms with Gasteiger partial charge < -0.3 is 9.47 Å². The van der Waals surface area contributed by atoms with Gasteiger partial charge in [-0.05, 0) is 13.3 Å². The lowest BCUT2D eigenvalue weighted by Gasteiger charge is -2.11. The molecule has 0 aliphatic carbocycles. The molecule has 13 heavy (non-hydrogen) atoms. The van der Waals surface area contributed by atoms with E-state index in [-0.39, 0.29) is 6.10 Å². The van der Waals surface area contributed by atoms with Crippen molar-refractivity contribution in [3.05, 3.63) is 12.7 Å². The molecule has 0 heterocycles. The van der Waals surface area contributed by atoms with E-state index in [1.54, 1.807) is 0 Å². The quantitative estimate of drug-likeness (QED) is 0.346. The van der Waals surface area contributed by atoms with Gasteiger partial charge in [0.2, 0.25) is 0 Å². The zero-order valence-electron chi connectivity index (χ0n) is 8.41. The van der Waals surface area contributed by atoms with Crippen LogP contribution < -0.4 is 0 Å². The zero-order chi connectivity index (χ0) is 10.1. The van der Waals surface area contributed by atoms with Crippen LogP contribution in [0.5, 0.6) is 0 Å². The molecule has 0 aliphatic rings. The maximum absolute atomic E-state index is 10.6. The van der Waals surface area contributed by atoms with Crippen LogP contribution >= 0.6 is 0 Å². The number of hydrogen-bond donors (Lipinski definition) is 0. The monoisotopic (exact) mass is 186 g/mol. The standard InChI is InChI=1S/C10H18O3/c1-4-6-9(3)12-7-8-13-10(11)5-2/h5,9H,2,4,6-8H2,1,3H3. The van der Waals surface area contributed by atoms with Gasteiger partial charge in [-0.15, -0.1) is 0 Å². The van der Waals surface area contributed by atoms with Gasteiger partial charge in [0.05, 0.1) is 12.7 Å². The van der Waals surface area contributed by atoms with E-state index in [1.165, 1.54) is 0 Å². The average molecular weight is 186 g/mol. The van der Waals surface area contributed by atoms with Crippen molar-refractivity contribution in [2.45, 2.75) is 32.8 Å². The summed E-state index contributed by atoms with van der Waals surface area (Å²) in [4.78, 5) is 10.6. The maximum atomic E-state index is 10.6. The normalized spacial score (nSPS) is 12.2. The predicted octanol–water partition coefficient (Wildman–Crippen LogP) is 1.92. The molecule has 0 fully saturated rings. The van der Waals surface area contributed by atoms with Crippen molar-refractivity contribution in [3.8, 4) is 0 Å². The second-order valence-corrected chi connectivity index (χ2v) is 2.84. The largest absolute Gasteiger partial charge is 0.460 e. The van der Waals surface area contributed by atoms with Crippen molar-refractivity contribution in [1.29, 1.82) is 0 Å². The van der Waals surface area contributed by atoms with Gasteiger partial charge in [0, 0.05) is 6.08 Å². The Morgan fingerprint density at radius 2 is 2.23 bits per heavy atom. The number of rotatable bonds is 7. The first-order valence-electron chi connectivity index (χ1n) is 4.61. The van der Waals surface area contributed by atoms with Gasteiger partial charge >= 0.3 is 5.97 Å². The Bertz CT molecular complexity index is 154. The second-order valence-electron chi connectivity index (χ2n) is 2.84. The van der Waals surface area contributed by atoms with Crippen molar-refractivity contribution in [2.24, 2.45) is 0 Å². The molecule has 0 aromatic carbocycles. The Labute approximate surface area is 79.7 Å². The number of esters is 1. The highest BCUT2D eigenvalue weighted by Gasteiger charge is 2.00. The highest BCUT2D eigenvalue weighted by Crippen LogP contribution is 1.99. The van der Waals surface area contributed by atoms with Gasteiger partial charge in [0.25, 0.3) is 0 Å². The Hall–Kier alpha value is -0.830. The molecule has 3 nitrogen and oxygen atoms in total. The van der Waals surface area contributed by atoms with E-state index in [4.69, 9.17) is 9.47 Å². The molecule has 0 rings (SSSR count). The summed E-state index contributed by atoms with van der Waals surface area (Å²) < 4.78 is 10.1. The van der Waals surface area contributed by atoms with E-state index in [1.807, 2.05) is 6.92 Å². The minimum absolute atomic E-state index is 0.243. The predicted molar refractivity (Wildman–Crippen MR) is 51.5 cm³/mol. The van der Waals surface area contributed by atoms with Crippen LogP contribution in [0.2, 0.25) is 0 Å². The first-order valence-corrected chi connectivity index (χ1v) is 4.61. The Morgan fingerprint density at radius 1 is 1.54 bits per heavy atom. The average Bonchev–Trinajstić information content (AvgIpc) is 2.12. The molecule has 0 saturated carbocycles. The molecule has 0 amide bonds. The number of carbonyl (C=O) groups excluding carboxylic acids is 1. The van der Waals surface area contributed by atoms with Crippen molar-refractivity contribution >= 4 is 5.97 Å². The van der Waals surface area contributed by atoms with Gasteiger partial charge in [-0.25, -0.2) is 4.79 Å². The molecule has 0 bridgehead atoms. The van der Waals surface area contributed by atoms with Gasteiger partial charge in [-0.1, -0.05) is 19.9 Å². The summed E-state index contributed by atoms with van der Waals surface area (Å²) in [6.45, 7) is 8.17. The minimum Gasteiger partial charge on any atom is -0.460 e. The lowest BCUT2D eigenvalue weighted by atomic mass is 10.2. The van der Waals surface area contributed by atoms with Crippen molar-refractivity contribution < 1.29 is 14.3 Å².